The normalized spacial score (nSPS) is 18.5. The van der Waals surface area contributed by atoms with Crippen LogP contribution >= 0.6 is 23.5 Å². The van der Waals surface area contributed by atoms with Gasteiger partial charge in [0.15, 0.2) is 0 Å². The molecule has 3 heterocycles. The first-order chi connectivity index (χ1) is 17.8. The van der Waals surface area contributed by atoms with Crippen molar-refractivity contribution in [3.05, 3.63) is 57.1 Å². The Bertz CT molecular complexity index is 1340. The summed E-state index contributed by atoms with van der Waals surface area (Å²) >= 11 is 2.38. The minimum absolute atomic E-state index is 0.0349. The number of hydrogen-bond donors (Lipinski definition) is 3. The van der Waals surface area contributed by atoms with Crippen molar-refractivity contribution in [2.24, 2.45) is 5.11 Å². The molecule has 17 heteroatoms. The van der Waals surface area contributed by atoms with Crippen LogP contribution in [0.1, 0.15) is 11.1 Å². The molecule has 0 aliphatic carbocycles. The van der Waals surface area contributed by atoms with E-state index in [1.165, 1.54) is 11.8 Å². The lowest BCUT2D eigenvalue weighted by molar-refractivity contribution is -0.150. The average molecular weight is 546 g/mol. The maximum Gasteiger partial charge on any atom is 0.352 e. The number of nitrogens with one attached hydrogen (secondary N) is 1. The van der Waals surface area contributed by atoms with Gasteiger partial charge in [-0.3, -0.25) is 19.3 Å². The molecule has 192 valence electrons. The van der Waals surface area contributed by atoms with Crippen LogP contribution in [0, 0.1) is 0 Å². The molecule has 3 N–H and O–H groups in total. The zero-order valence-corrected chi connectivity index (χ0v) is 20.6. The molecule has 1 aromatic carbocycles. The molecular weight excluding hydrogens is 526 g/mol. The highest BCUT2D eigenvalue weighted by atomic mass is 32.2. The largest absolute Gasteiger partial charge is 0.480 e. The van der Waals surface area contributed by atoms with Crippen LogP contribution in [-0.2, 0) is 38.7 Å². The molecule has 0 spiro atoms. The van der Waals surface area contributed by atoms with Gasteiger partial charge in [-0.15, -0.1) is 16.9 Å². The van der Waals surface area contributed by atoms with Crippen molar-refractivity contribution < 1.29 is 29.4 Å². The Labute approximate surface area is 216 Å². The third-order valence-corrected chi connectivity index (χ3v) is 7.88. The van der Waals surface area contributed by atoms with Crippen molar-refractivity contribution >= 4 is 47.3 Å². The molecule has 2 amide bonds. The quantitative estimate of drug-likeness (QED) is 0.117. The standard InChI is InChI=1S/C20H19N9O6S2/c21-25-22-6-11-4-2-1-3-10(11)5-13(30)23-15-17(33)29-16(19(34)35)12(8-36-18(15)29)9-37-20-24-26-27-28(20)7-14(31)32/h1-4,15,18H,5-9H2,(H,23,30)(H,31,32)(H,34,35). The summed E-state index contributed by atoms with van der Waals surface area (Å²) in [6.07, 6.45) is -0.0349. The van der Waals surface area contributed by atoms with Gasteiger partial charge in [-0.2, -0.15) is 0 Å². The van der Waals surface area contributed by atoms with Gasteiger partial charge in [0, 0.05) is 16.4 Å². The number of hydrogen-bond acceptors (Lipinski definition) is 10. The van der Waals surface area contributed by atoms with Crippen molar-refractivity contribution in [3.8, 4) is 0 Å². The highest BCUT2D eigenvalue weighted by Gasteiger charge is 2.54. The zero-order valence-electron chi connectivity index (χ0n) is 18.9. The number of rotatable bonds is 11. The molecule has 2 unspecified atom stereocenters. The van der Waals surface area contributed by atoms with E-state index in [1.54, 1.807) is 24.3 Å². The number of benzene rings is 1. The summed E-state index contributed by atoms with van der Waals surface area (Å²) in [5.74, 6) is -2.96. The predicted octanol–water partition coefficient (Wildman–Crippen LogP) is 0.641. The molecule has 4 rings (SSSR count). The summed E-state index contributed by atoms with van der Waals surface area (Å²) in [5.41, 5.74) is 10.2. The highest BCUT2D eigenvalue weighted by Crippen LogP contribution is 2.41. The molecule has 2 aromatic rings. The first kappa shape index (κ1) is 26.0. The van der Waals surface area contributed by atoms with E-state index in [1.807, 2.05) is 0 Å². The number of carboxylic acid groups (broad SMARTS) is 2. The molecule has 2 aliphatic heterocycles. The smallest absolute Gasteiger partial charge is 0.352 e. The monoisotopic (exact) mass is 545 g/mol. The maximum atomic E-state index is 12.9. The molecule has 1 aromatic heterocycles. The molecule has 0 bridgehead atoms. The highest BCUT2D eigenvalue weighted by molar-refractivity contribution is 8.01. The van der Waals surface area contributed by atoms with E-state index in [-0.39, 0.29) is 35.3 Å². The topological polar surface area (TPSA) is 216 Å². The Balaban J connectivity index is 1.43. The third-order valence-electron chi connectivity index (χ3n) is 5.50. The molecular formula is C20H19N9O6S2. The Kier molecular flexibility index (Phi) is 7.95. The van der Waals surface area contributed by atoms with Crippen LogP contribution in [0.5, 0.6) is 0 Å². The lowest BCUT2D eigenvalue weighted by Crippen LogP contribution is -2.70. The summed E-state index contributed by atoms with van der Waals surface area (Å²) < 4.78 is 1.08. The van der Waals surface area contributed by atoms with E-state index in [2.05, 4.69) is 30.9 Å². The fourth-order valence-corrected chi connectivity index (χ4v) is 6.22. The number of carbonyl (C=O) groups is 4. The summed E-state index contributed by atoms with van der Waals surface area (Å²) in [7, 11) is 0. The lowest BCUT2D eigenvalue weighted by Gasteiger charge is -2.49. The van der Waals surface area contributed by atoms with E-state index >= 15 is 0 Å². The Hall–Kier alpha value is -4.08. The summed E-state index contributed by atoms with van der Waals surface area (Å²) in [6.45, 7) is -0.357. The molecule has 1 fully saturated rings. The fourth-order valence-electron chi connectivity index (χ4n) is 3.86. The number of nitrogens with zero attached hydrogens (tertiary/aromatic N) is 8. The van der Waals surface area contributed by atoms with E-state index < -0.39 is 41.7 Å². The average Bonchev–Trinajstić information content (AvgIpc) is 3.30. The number of tetrazole rings is 1. The number of thioether (sulfide) groups is 2. The van der Waals surface area contributed by atoms with E-state index in [0.29, 0.717) is 16.7 Å². The second-order valence-corrected chi connectivity index (χ2v) is 9.90. The van der Waals surface area contributed by atoms with Crippen molar-refractivity contribution in [1.82, 2.24) is 30.4 Å². The first-order valence-corrected chi connectivity index (χ1v) is 12.7. The van der Waals surface area contributed by atoms with Gasteiger partial charge in [-0.05, 0) is 32.7 Å². The van der Waals surface area contributed by atoms with Crippen LogP contribution < -0.4 is 5.32 Å². The zero-order chi connectivity index (χ0) is 26.5. The van der Waals surface area contributed by atoms with Gasteiger partial charge in [0.1, 0.15) is 23.7 Å². The minimum atomic E-state index is -1.28. The first-order valence-electron chi connectivity index (χ1n) is 10.7. The van der Waals surface area contributed by atoms with Crippen LogP contribution in [0.4, 0.5) is 0 Å². The number of aliphatic carboxylic acids is 2. The molecule has 2 atom stereocenters. The Morgan fingerprint density at radius 2 is 2.03 bits per heavy atom. The number of amides is 2. The maximum absolute atomic E-state index is 12.9. The molecule has 15 nitrogen and oxygen atoms in total. The lowest BCUT2D eigenvalue weighted by atomic mass is 10.0. The third kappa shape index (κ3) is 5.68. The molecule has 2 aliphatic rings. The number of aromatic nitrogens is 4. The van der Waals surface area contributed by atoms with E-state index in [9.17, 15) is 24.3 Å². The van der Waals surface area contributed by atoms with Gasteiger partial charge in [0.25, 0.3) is 5.91 Å². The van der Waals surface area contributed by atoms with Crippen LogP contribution in [0.25, 0.3) is 10.4 Å². The van der Waals surface area contributed by atoms with Crippen molar-refractivity contribution in [2.45, 2.75) is 36.1 Å². The van der Waals surface area contributed by atoms with Gasteiger partial charge in [0.05, 0.1) is 13.0 Å². The number of β-lactam (4-membered cyclic amide) rings is 1. The van der Waals surface area contributed by atoms with E-state index in [4.69, 9.17) is 10.6 Å². The van der Waals surface area contributed by atoms with E-state index in [0.717, 1.165) is 21.3 Å². The summed E-state index contributed by atoms with van der Waals surface area (Å²) in [5, 5.41) is 35.4. The van der Waals surface area contributed by atoms with Crippen molar-refractivity contribution in [3.63, 3.8) is 0 Å². The number of carboxylic acids is 2. The number of azide groups is 1. The van der Waals surface area contributed by atoms with Crippen LogP contribution in [-0.4, -0.2) is 82.0 Å². The van der Waals surface area contributed by atoms with Gasteiger partial charge >= 0.3 is 11.9 Å². The second-order valence-electron chi connectivity index (χ2n) is 7.85. The molecule has 1 saturated heterocycles. The summed E-state index contributed by atoms with van der Waals surface area (Å²) in [6, 6.07) is 6.10. The second kappa shape index (κ2) is 11.3. The molecule has 0 radical (unpaired) electrons. The molecule has 0 saturated carbocycles. The van der Waals surface area contributed by atoms with Crippen LogP contribution in [0.2, 0.25) is 0 Å². The Morgan fingerprint density at radius 1 is 1.27 bits per heavy atom. The SMILES string of the molecule is [N-]=[N+]=NCc1ccccc1CC(=O)NC1C(=O)N2C(C(=O)O)=C(CSc3nnnn3CC(=O)O)CSC12. The van der Waals surface area contributed by atoms with Crippen LogP contribution in [0.3, 0.4) is 0 Å². The van der Waals surface area contributed by atoms with Gasteiger partial charge in [0.2, 0.25) is 11.1 Å². The van der Waals surface area contributed by atoms with Crippen LogP contribution in [0.15, 0.2) is 45.8 Å². The van der Waals surface area contributed by atoms with Gasteiger partial charge in [-0.1, -0.05) is 41.1 Å². The number of fused-ring (bicyclic) bond motifs is 1. The molecule has 37 heavy (non-hydrogen) atoms. The van der Waals surface area contributed by atoms with Gasteiger partial charge in [-0.25, -0.2) is 9.48 Å². The van der Waals surface area contributed by atoms with Crippen molar-refractivity contribution in [2.75, 3.05) is 11.5 Å². The minimum Gasteiger partial charge on any atom is -0.480 e. The predicted molar refractivity (Wildman–Crippen MR) is 129 cm³/mol. The Morgan fingerprint density at radius 3 is 2.73 bits per heavy atom. The number of carbonyl (C=O) groups excluding carboxylic acids is 2. The van der Waals surface area contributed by atoms with Gasteiger partial charge < -0.3 is 15.5 Å². The summed E-state index contributed by atoms with van der Waals surface area (Å²) in [4.78, 5) is 52.5. The fraction of sp³-hybridized carbons (Fsp3) is 0.350. The van der Waals surface area contributed by atoms with Crippen molar-refractivity contribution in [1.29, 1.82) is 0 Å².